The molecule has 0 amide bonds. The van der Waals surface area contributed by atoms with Crippen LogP contribution in [0.2, 0.25) is 5.02 Å². The number of nitrogens with one attached hydrogen (secondary N) is 1. The van der Waals surface area contributed by atoms with Gasteiger partial charge in [-0.1, -0.05) is 31.5 Å². The molecule has 110 valence electrons. The third-order valence-electron chi connectivity index (χ3n) is 4.20. The Hall–Kier alpha value is -1.54. The first-order valence-electron chi connectivity index (χ1n) is 7.17. The van der Waals surface area contributed by atoms with Gasteiger partial charge in [0, 0.05) is 10.7 Å². The standard InChI is InChI=1S/C18H19ClFN/c1-11-6-14(20)9-15(7-11)21-17-16-8-13(19)5-4-12(16)10-18(17,2)3/h4-9,17,21H,10H2,1-3H3. The molecule has 0 spiro atoms. The summed E-state index contributed by atoms with van der Waals surface area (Å²) in [5.74, 6) is -0.209. The van der Waals surface area contributed by atoms with Gasteiger partial charge in [-0.25, -0.2) is 4.39 Å². The van der Waals surface area contributed by atoms with Gasteiger partial charge < -0.3 is 5.32 Å². The number of hydrogen-bond acceptors (Lipinski definition) is 1. The van der Waals surface area contributed by atoms with Gasteiger partial charge in [0.15, 0.2) is 0 Å². The van der Waals surface area contributed by atoms with E-state index in [1.54, 1.807) is 6.07 Å². The molecule has 2 aromatic rings. The van der Waals surface area contributed by atoms with Gasteiger partial charge in [0.1, 0.15) is 5.82 Å². The van der Waals surface area contributed by atoms with Crippen molar-refractivity contribution in [2.75, 3.05) is 5.32 Å². The topological polar surface area (TPSA) is 12.0 Å². The van der Waals surface area contributed by atoms with Crippen LogP contribution in [0, 0.1) is 18.2 Å². The summed E-state index contributed by atoms with van der Waals surface area (Å²) in [6, 6.07) is 11.2. The van der Waals surface area contributed by atoms with Gasteiger partial charge in [0.2, 0.25) is 0 Å². The van der Waals surface area contributed by atoms with Crippen LogP contribution >= 0.6 is 11.6 Å². The van der Waals surface area contributed by atoms with E-state index in [0.29, 0.717) is 0 Å². The average molecular weight is 304 g/mol. The fourth-order valence-electron chi connectivity index (χ4n) is 3.27. The van der Waals surface area contributed by atoms with Gasteiger partial charge >= 0.3 is 0 Å². The molecule has 2 aromatic carbocycles. The Kier molecular flexibility index (Phi) is 3.45. The Morgan fingerprint density at radius 1 is 1.19 bits per heavy atom. The van der Waals surface area contributed by atoms with Gasteiger partial charge in [-0.15, -0.1) is 0 Å². The largest absolute Gasteiger partial charge is 0.378 e. The number of anilines is 1. The lowest BCUT2D eigenvalue weighted by molar-refractivity contribution is 0.337. The van der Waals surface area contributed by atoms with Crippen molar-refractivity contribution in [2.45, 2.75) is 33.2 Å². The second-order valence-corrected chi connectivity index (χ2v) is 7.04. The number of rotatable bonds is 2. The summed E-state index contributed by atoms with van der Waals surface area (Å²) < 4.78 is 13.6. The summed E-state index contributed by atoms with van der Waals surface area (Å²) in [4.78, 5) is 0. The first-order chi connectivity index (χ1) is 9.85. The summed E-state index contributed by atoms with van der Waals surface area (Å²) in [6.45, 7) is 6.36. The summed E-state index contributed by atoms with van der Waals surface area (Å²) in [5, 5.41) is 4.24. The second-order valence-electron chi connectivity index (χ2n) is 6.60. The number of hydrogen-bond donors (Lipinski definition) is 1. The molecule has 1 nitrogen and oxygen atoms in total. The van der Waals surface area contributed by atoms with Gasteiger partial charge in [-0.2, -0.15) is 0 Å². The third-order valence-corrected chi connectivity index (χ3v) is 4.43. The Bertz CT molecular complexity index is 673. The number of aryl methyl sites for hydroxylation is 1. The maximum Gasteiger partial charge on any atom is 0.125 e. The minimum Gasteiger partial charge on any atom is -0.378 e. The van der Waals surface area contributed by atoms with Crippen molar-refractivity contribution in [1.29, 1.82) is 0 Å². The van der Waals surface area contributed by atoms with Crippen LogP contribution < -0.4 is 5.32 Å². The molecule has 0 bridgehead atoms. The Balaban J connectivity index is 1.99. The zero-order chi connectivity index (χ0) is 15.2. The van der Waals surface area contributed by atoms with E-state index in [2.05, 4.69) is 25.2 Å². The predicted molar refractivity (Wildman–Crippen MR) is 86.4 cm³/mol. The fourth-order valence-corrected chi connectivity index (χ4v) is 3.45. The van der Waals surface area contributed by atoms with E-state index >= 15 is 0 Å². The Morgan fingerprint density at radius 2 is 1.95 bits per heavy atom. The molecule has 1 unspecified atom stereocenters. The lowest BCUT2D eigenvalue weighted by atomic mass is 9.85. The van der Waals surface area contributed by atoms with Crippen LogP contribution in [0.4, 0.5) is 10.1 Å². The number of halogens is 2. The molecule has 3 heteroatoms. The normalized spacial score (nSPS) is 19.4. The van der Waals surface area contributed by atoms with Crippen molar-refractivity contribution in [3.63, 3.8) is 0 Å². The highest BCUT2D eigenvalue weighted by molar-refractivity contribution is 6.30. The molecule has 21 heavy (non-hydrogen) atoms. The summed E-state index contributed by atoms with van der Waals surface area (Å²) in [6.07, 6.45) is 0.992. The third kappa shape index (κ3) is 2.77. The van der Waals surface area contributed by atoms with Crippen LogP contribution in [0.15, 0.2) is 36.4 Å². The molecule has 0 heterocycles. The van der Waals surface area contributed by atoms with Crippen LogP contribution in [-0.2, 0) is 6.42 Å². The van der Waals surface area contributed by atoms with Crippen molar-refractivity contribution >= 4 is 17.3 Å². The van der Waals surface area contributed by atoms with Gasteiger partial charge in [0.05, 0.1) is 6.04 Å². The number of fused-ring (bicyclic) bond motifs is 1. The van der Waals surface area contributed by atoms with Gasteiger partial charge in [-0.05, 0) is 65.8 Å². The van der Waals surface area contributed by atoms with E-state index in [9.17, 15) is 4.39 Å². The van der Waals surface area contributed by atoms with Crippen LogP contribution in [0.1, 0.15) is 36.6 Å². The zero-order valence-corrected chi connectivity index (χ0v) is 13.3. The molecule has 0 aliphatic heterocycles. The second kappa shape index (κ2) is 5.03. The van der Waals surface area contributed by atoms with Gasteiger partial charge in [0.25, 0.3) is 0 Å². The Labute approximate surface area is 130 Å². The molecule has 1 aliphatic carbocycles. The van der Waals surface area contributed by atoms with E-state index in [4.69, 9.17) is 11.6 Å². The molecule has 0 aromatic heterocycles. The van der Waals surface area contributed by atoms with Gasteiger partial charge in [-0.3, -0.25) is 0 Å². The lowest BCUT2D eigenvalue weighted by Gasteiger charge is -2.29. The number of benzene rings is 2. The molecular formula is C18H19ClFN. The molecule has 1 aliphatic rings. The fraction of sp³-hybridized carbons (Fsp3) is 0.333. The smallest absolute Gasteiger partial charge is 0.125 e. The Morgan fingerprint density at radius 3 is 2.67 bits per heavy atom. The van der Waals surface area contributed by atoms with E-state index < -0.39 is 0 Å². The van der Waals surface area contributed by atoms with E-state index in [0.717, 1.165) is 22.7 Å². The first-order valence-corrected chi connectivity index (χ1v) is 7.55. The minimum atomic E-state index is -0.209. The van der Waals surface area contributed by atoms with Crippen molar-refractivity contribution in [3.8, 4) is 0 Å². The van der Waals surface area contributed by atoms with Crippen LogP contribution in [-0.4, -0.2) is 0 Å². The highest BCUT2D eigenvalue weighted by Gasteiger charge is 2.39. The summed E-state index contributed by atoms with van der Waals surface area (Å²) >= 11 is 6.15. The van der Waals surface area contributed by atoms with E-state index in [1.165, 1.54) is 17.2 Å². The van der Waals surface area contributed by atoms with Crippen LogP contribution in [0.5, 0.6) is 0 Å². The van der Waals surface area contributed by atoms with Crippen LogP contribution in [0.3, 0.4) is 0 Å². The highest BCUT2D eigenvalue weighted by Crippen LogP contribution is 2.47. The van der Waals surface area contributed by atoms with E-state index in [1.807, 2.05) is 25.1 Å². The maximum absolute atomic E-state index is 13.6. The highest BCUT2D eigenvalue weighted by atomic mass is 35.5. The van der Waals surface area contributed by atoms with E-state index in [-0.39, 0.29) is 17.3 Å². The van der Waals surface area contributed by atoms with Crippen molar-refractivity contribution in [3.05, 3.63) is 63.9 Å². The summed E-state index contributed by atoms with van der Waals surface area (Å²) in [7, 11) is 0. The molecule has 1 atom stereocenters. The average Bonchev–Trinajstić information content (AvgIpc) is 2.60. The maximum atomic E-state index is 13.6. The lowest BCUT2D eigenvalue weighted by Crippen LogP contribution is -2.24. The molecule has 0 saturated carbocycles. The molecule has 0 saturated heterocycles. The van der Waals surface area contributed by atoms with Crippen LogP contribution in [0.25, 0.3) is 0 Å². The first kappa shape index (κ1) is 14.4. The van der Waals surface area contributed by atoms with Crippen molar-refractivity contribution in [1.82, 2.24) is 0 Å². The van der Waals surface area contributed by atoms with Crippen molar-refractivity contribution < 1.29 is 4.39 Å². The molecular weight excluding hydrogens is 285 g/mol. The quantitative estimate of drug-likeness (QED) is 0.770. The molecule has 1 N–H and O–H groups in total. The van der Waals surface area contributed by atoms with Crippen molar-refractivity contribution in [2.24, 2.45) is 5.41 Å². The molecule has 0 radical (unpaired) electrons. The predicted octanol–water partition coefficient (Wildman–Crippen LogP) is 5.52. The SMILES string of the molecule is Cc1cc(F)cc(NC2c3cc(Cl)ccc3CC2(C)C)c1. The summed E-state index contributed by atoms with van der Waals surface area (Å²) in [5.41, 5.74) is 4.33. The zero-order valence-electron chi connectivity index (χ0n) is 12.5. The molecule has 3 rings (SSSR count). The molecule has 0 fully saturated rings. The minimum absolute atomic E-state index is 0.0627. The monoisotopic (exact) mass is 303 g/mol.